The van der Waals surface area contributed by atoms with Gasteiger partial charge in [0.05, 0.1) is 6.10 Å². The molecule has 0 aliphatic carbocycles. The highest BCUT2D eigenvalue weighted by Crippen LogP contribution is 2.12. The molecule has 1 saturated heterocycles. The zero-order valence-electron chi connectivity index (χ0n) is 10.6. The number of hydrogen-bond acceptors (Lipinski definition) is 3. The van der Waals surface area contributed by atoms with Crippen molar-refractivity contribution in [2.45, 2.75) is 45.8 Å². The minimum atomic E-state index is -0.162. The van der Waals surface area contributed by atoms with Gasteiger partial charge in [-0.1, -0.05) is 20.8 Å². The molecule has 16 heavy (non-hydrogen) atoms. The fourth-order valence-corrected chi connectivity index (χ4v) is 1.80. The second-order valence-electron chi connectivity index (χ2n) is 4.77. The lowest BCUT2D eigenvalue weighted by molar-refractivity contribution is -0.126. The molecule has 1 heterocycles. The Hall–Kier alpha value is -0.610. The van der Waals surface area contributed by atoms with Crippen LogP contribution in [-0.4, -0.2) is 37.7 Å². The van der Waals surface area contributed by atoms with E-state index < -0.39 is 0 Å². The van der Waals surface area contributed by atoms with Crippen molar-refractivity contribution in [3.05, 3.63) is 0 Å². The van der Waals surface area contributed by atoms with Crippen LogP contribution in [0.25, 0.3) is 0 Å². The Bertz CT molecular complexity index is 219. The fourth-order valence-electron chi connectivity index (χ4n) is 1.80. The van der Waals surface area contributed by atoms with E-state index in [2.05, 4.69) is 31.4 Å². The summed E-state index contributed by atoms with van der Waals surface area (Å²) < 4.78 is 5.67. The lowest BCUT2D eigenvalue weighted by Gasteiger charge is -2.20. The van der Waals surface area contributed by atoms with Crippen molar-refractivity contribution in [1.82, 2.24) is 10.6 Å². The highest BCUT2D eigenvalue weighted by molar-refractivity contribution is 5.82. The molecule has 4 heteroatoms. The molecule has 0 aromatic heterocycles. The minimum absolute atomic E-state index is 0.0483. The van der Waals surface area contributed by atoms with Gasteiger partial charge >= 0.3 is 0 Å². The number of ether oxygens (including phenoxy) is 1. The van der Waals surface area contributed by atoms with Gasteiger partial charge in [-0.15, -0.1) is 0 Å². The molecule has 94 valence electrons. The van der Waals surface area contributed by atoms with E-state index in [0.29, 0.717) is 5.92 Å². The van der Waals surface area contributed by atoms with Crippen LogP contribution in [0, 0.1) is 5.92 Å². The van der Waals surface area contributed by atoms with Gasteiger partial charge < -0.3 is 15.4 Å². The largest absolute Gasteiger partial charge is 0.376 e. The summed E-state index contributed by atoms with van der Waals surface area (Å²) in [5.41, 5.74) is 0. The van der Waals surface area contributed by atoms with Crippen molar-refractivity contribution in [3.8, 4) is 0 Å². The molecule has 2 N–H and O–H groups in total. The van der Waals surface area contributed by atoms with Crippen LogP contribution in [0.4, 0.5) is 0 Å². The first kappa shape index (κ1) is 13.5. The van der Waals surface area contributed by atoms with Crippen LogP contribution in [0.1, 0.15) is 33.6 Å². The quantitative estimate of drug-likeness (QED) is 0.710. The van der Waals surface area contributed by atoms with Crippen molar-refractivity contribution in [2.24, 2.45) is 5.92 Å². The molecule has 0 spiro atoms. The van der Waals surface area contributed by atoms with Gasteiger partial charge in [0.1, 0.15) is 6.04 Å². The van der Waals surface area contributed by atoms with Crippen LogP contribution in [0.2, 0.25) is 0 Å². The molecule has 0 saturated carbocycles. The number of rotatable bonds is 6. The molecule has 2 unspecified atom stereocenters. The number of carbonyl (C=O) groups is 1. The molecule has 0 radical (unpaired) electrons. The number of amides is 1. The molecule has 1 aliphatic rings. The predicted octanol–water partition coefficient (Wildman–Crippen LogP) is 0.916. The van der Waals surface area contributed by atoms with E-state index in [0.717, 1.165) is 32.5 Å². The predicted molar refractivity (Wildman–Crippen MR) is 64.3 cm³/mol. The van der Waals surface area contributed by atoms with Crippen LogP contribution >= 0.6 is 0 Å². The van der Waals surface area contributed by atoms with Crippen LogP contribution in [0.15, 0.2) is 0 Å². The van der Waals surface area contributed by atoms with Crippen molar-refractivity contribution >= 4 is 5.91 Å². The third-order valence-electron chi connectivity index (χ3n) is 2.67. The summed E-state index contributed by atoms with van der Waals surface area (Å²) in [4.78, 5) is 11.9. The Morgan fingerprint density at radius 2 is 2.31 bits per heavy atom. The van der Waals surface area contributed by atoms with E-state index in [1.165, 1.54) is 0 Å². The Labute approximate surface area is 98.1 Å². The van der Waals surface area contributed by atoms with E-state index in [-0.39, 0.29) is 18.1 Å². The molecule has 4 nitrogen and oxygen atoms in total. The van der Waals surface area contributed by atoms with E-state index in [9.17, 15) is 4.79 Å². The van der Waals surface area contributed by atoms with Crippen LogP contribution in [0.5, 0.6) is 0 Å². The SMILES string of the molecule is CCCOC1CCNC1C(=O)NCC(C)C. The summed E-state index contributed by atoms with van der Waals surface area (Å²) in [6.07, 6.45) is 1.98. The van der Waals surface area contributed by atoms with E-state index in [1.54, 1.807) is 0 Å². The Balaban J connectivity index is 2.35. The summed E-state index contributed by atoms with van der Waals surface area (Å²) in [7, 11) is 0. The van der Waals surface area contributed by atoms with Crippen molar-refractivity contribution in [2.75, 3.05) is 19.7 Å². The molecule has 1 amide bonds. The van der Waals surface area contributed by atoms with Gasteiger partial charge in [0.2, 0.25) is 5.91 Å². The zero-order valence-corrected chi connectivity index (χ0v) is 10.6. The third-order valence-corrected chi connectivity index (χ3v) is 2.67. The van der Waals surface area contributed by atoms with Gasteiger partial charge in [0.15, 0.2) is 0 Å². The van der Waals surface area contributed by atoms with E-state index in [1.807, 2.05) is 0 Å². The third kappa shape index (κ3) is 4.10. The maximum atomic E-state index is 11.9. The molecule has 0 aromatic rings. The van der Waals surface area contributed by atoms with Gasteiger partial charge in [-0.3, -0.25) is 4.79 Å². The van der Waals surface area contributed by atoms with Crippen molar-refractivity contribution in [1.29, 1.82) is 0 Å². The van der Waals surface area contributed by atoms with Crippen molar-refractivity contribution < 1.29 is 9.53 Å². The average Bonchev–Trinajstić information content (AvgIpc) is 2.71. The summed E-state index contributed by atoms with van der Waals surface area (Å²) in [5.74, 6) is 0.563. The topological polar surface area (TPSA) is 50.4 Å². The average molecular weight is 228 g/mol. The van der Waals surface area contributed by atoms with Crippen LogP contribution in [-0.2, 0) is 9.53 Å². The molecule has 1 fully saturated rings. The Morgan fingerprint density at radius 3 is 2.94 bits per heavy atom. The molecule has 0 bridgehead atoms. The Morgan fingerprint density at radius 1 is 1.56 bits per heavy atom. The molecular formula is C12H24N2O2. The maximum Gasteiger partial charge on any atom is 0.239 e. The zero-order chi connectivity index (χ0) is 12.0. The van der Waals surface area contributed by atoms with Crippen molar-refractivity contribution in [3.63, 3.8) is 0 Å². The monoisotopic (exact) mass is 228 g/mol. The standard InChI is InChI=1S/C12H24N2O2/c1-4-7-16-10-5-6-13-11(10)12(15)14-8-9(2)3/h9-11,13H,4-8H2,1-3H3,(H,14,15). The highest BCUT2D eigenvalue weighted by Gasteiger charge is 2.32. The van der Waals surface area contributed by atoms with Crippen LogP contribution in [0.3, 0.4) is 0 Å². The summed E-state index contributed by atoms with van der Waals surface area (Å²) in [6, 6.07) is -0.162. The fraction of sp³-hybridized carbons (Fsp3) is 0.917. The lowest BCUT2D eigenvalue weighted by Crippen LogP contribution is -2.47. The molecule has 0 aromatic carbocycles. The normalized spacial score (nSPS) is 25.0. The van der Waals surface area contributed by atoms with Gasteiger partial charge in [-0.25, -0.2) is 0 Å². The molecule has 1 aliphatic heterocycles. The summed E-state index contributed by atoms with van der Waals surface area (Å²) in [6.45, 7) is 8.60. The summed E-state index contributed by atoms with van der Waals surface area (Å²) in [5, 5.41) is 6.15. The van der Waals surface area contributed by atoms with Gasteiger partial charge in [0, 0.05) is 13.2 Å². The molecule has 1 rings (SSSR count). The Kier molecular flexibility index (Phi) is 5.77. The first-order valence-corrected chi connectivity index (χ1v) is 6.27. The van der Waals surface area contributed by atoms with Gasteiger partial charge in [-0.05, 0) is 25.3 Å². The highest BCUT2D eigenvalue weighted by atomic mass is 16.5. The minimum Gasteiger partial charge on any atom is -0.376 e. The van der Waals surface area contributed by atoms with Crippen LogP contribution < -0.4 is 10.6 Å². The van der Waals surface area contributed by atoms with Gasteiger partial charge in [0.25, 0.3) is 0 Å². The van der Waals surface area contributed by atoms with E-state index in [4.69, 9.17) is 4.74 Å². The van der Waals surface area contributed by atoms with Gasteiger partial charge in [-0.2, -0.15) is 0 Å². The summed E-state index contributed by atoms with van der Waals surface area (Å²) >= 11 is 0. The van der Waals surface area contributed by atoms with E-state index >= 15 is 0 Å². The maximum absolute atomic E-state index is 11.9. The second-order valence-corrected chi connectivity index (χ2v) is 4.77. The first-order valence-electron chi connectivity index (χ1n) is 6.27. The second kappa shape index (κ2) is 6.86. The number of carbonyl (C=O) groups excluding carboxylic acids is 1. The first-order chi connectivity index (χ1) is 7.65. The smallest absolute Gasteiger partial charge is 0.239 e. The number of hydrogen-bond donors (Lipinski definition) is 2. The molecule has 2 atom stereocenters. The lowest BCUT2D eigenvalue weighted by atomic mass is 10.1. The number of nitrogens with one attached hydrogen (secondary N) is 2. The molecular weight excluding hydrogens is 204 g/mol.